The van der Waals surface area contributed by atoms with Crippen LogP contribution in [0, 0.1) is 0 Å². The molecule has 0 bridgehead atoms. The van der Waals surface area contributed by atoms with Crippen molar-refractivity contribution in [3.8, 4) is 0 Å². The fraction of sp³-hybridized carbons (Fsp3) is 0.647. The van der Waals surface area contributed by atoms with Crippen LogP contribution in [-0.4, -0.2) is 31.6 Å². The highest BCUT2D eigenvalue weighted by molar-refractivity contribution is 5.27. The van der Waals surface area contributed by atoms with Gasteiger partial charge in [-0.3, -0.25) is 0 Å². The summed E-state index contributed by atoms with van der Waals surface area (Å²) < 4.78 is 0. The summed E-state index contributed by atoms with van der Waals surface area (Å²) in [6.45, 7) is 12.4. The Morgan fingerprint density at radius 2 is 1.63 bits per heavy atom. The van der Waals surface area contributed by atoms with Crippen LogP contribution in [0.5, 0.6) is 0 Å². The standard InChI is InChI=1S/C17H30N2/c1-6-12-19(7-2)13-17(18-5)16-10-8-15(9-11-16)14(3)4/h8-11,14,17-18H,6-7,12-13H2,1-5H3. The summed E-state index contributed by atoms with van der Waals surface area (Å²) in [5.74, 6) is 0.606. The summed E-state index contributed by atoms with van der Waals surface area (Å²) in [4.78, 5) is 2.51. The minimum atomic E-state index is 0.424. The van der Waals surface area contributed by atoms with Gasteiger partial charge in [-0.15, -0.1) is 0 Å². The molecular formula is C17H30N2. The number of nitrogens with one attached hydrogen (secondary N) is 1. The Bertz CT molecular complexity index is 343. The van der Waals surface area contributed by atoms with E-state index in [1.165, 1.54) is 24.1 Å². The molecule has 1 N–H and O–H groups in total. The lowest BCUT2D eigenvalue weighted by atomic mass is 9.99. The van der Waals surface area contributed by atoms with Crippen molar-refractivity contribution in [1.29, 1.82) is 0 Å². The van der Waals surface area contributed by atoms with E-state index in [9.17, 15) is 0 Å². The van der Waals surface area contributed by atoms with Crippen molar-refractivity contribution in [2.75, 3.05) is 26.7 Å². The number of hydrogen-bond donors (Lipinski definition) is 1. The lowest BCUT2D eigenvalue weighted by Gasteiger charge is -2.26. The van der Waals surface area contributed by atoms with Gasteiger partial charge < -0.3 is 10.2 Å². The maximum Gasteiger partial charge on any atom is 0.0446 e. The molecule has 0 aromatic heterocycles. The minimum Gasteiger partial charge on any atom is -0.312 e. The first-order valence-corrected chi connectivity index (χ1v) is 7.61. The molecule has 1 rings (SSSR count). The van der Waals surface area contributed by atoms with Gasteiger partial charge in [0.05, 0.1) is 0 Å². The van der Waals surface area contributed by atoms with E-state index in [2.05, 4.69) is 69.2 Å². The van der Waals surface area contributed by atoms with Crippen LogP contribution < -0.4 is 5.32 Å². The van der Waals surface area contributed by atoms with Crippen molar-refractivity contribution in [2.24, 2.45) is 0 Å². The molecule has 2 nitrogen and oxygen atoms in total. The lowest BCUT2D eigenvalue weighted by molar-refractivity contribution is 0.259. The van der Waals surface area contributed by atoms with Gasteiger partial charge in [0, 0.05) is 12.6 Å². The predicted molar refractivity (Wildman–Crippen MR) is 84.7 cm³/mol. The van der Waals surface area contributed by atoms with Crippen molar-refractivity contribution < 1.29 is 0 Å². The molecule has 0 aliphatic heterocycles. The van der Waals surface area contributed by atoms with Gasteiger partial charge in [-0.05, 0) is 43.6 Å². The maximum atomic E-state index is 3.45. The summed E-state index contributed by atoms with van der Waals surface area (Å²) >= 11 is 0. The predicted octanol–water partition coefficient (Wildman–Crippen LogP) is 3.80. The van der Waals surface area contributed by atoms with Gasteiger partial charge in [-0.2, -0.15) is 0 Å². The van der Waals surface area contributed by atoms with Crippen LogP contribution in [0.1, 0.15) is 57.2 Å². The fourth-order valence-corrected chi connectivity index (χ4v) is 2.43. The second kappa shape index (κ2) is 8.34. The Morgan fingerprint density at radius 1 is 1.05 bits per heavy atom. The summed E-state index contributed by atoms with van der Waals surface area (Å²) in [6, 6.07) is 9.50. The average Bonchev–Trinajstić information content (AvgIpc) is 2.43. The highest BCUT2D eigenvalue weighted by Gasteiger charge is 2.13. The molecule has 0 heterocycles. The Morgan fingerprint density at radius 3 is 2.05 bits per heavy atom. The second-order valence-corrected chi connectivity index (χ2v) is 5.56. The number of nitrogens with zero attached hydrogens (tertiary/aromatic N) is 1. The molecule has 2 heteroatoms. The summed E-state index contributed by atoms with van der Waals surface area (Å²) in [5, 5.41) is 3.45. The van der Waals surface area contributed by atoms with Crippen LogP contribution >= 0.6 is 0 Å². The van der Waals surface area contributed by atoms with Crippen LogP contribution in [0.2, 0.25) is 0 Å². The molecule has 1 unspecified atom stereocenters. The molecule has 0 saturated heterocycles. The van der Waals surface area contributed by atoms with Crippen molar-refractivity contribution in [1.82, 2.24) is 10.2 Å². The summed E-state index contributed by atoms with van der Waals surface area (Å²) in [6.07, 6.45) is 1.22. The molecule has 19 heavy (non-hydrogen) atoms. The van der Waals surface area contributed by atoms with Crippen LogP contribution in [-0.2, 0) is 0 Å². The number of likely N-dealkylation sites (N-methyl/N-ethyl adjacent to an activating group) is 2. The molecular weight excluding hydrogens is 232 g/mol. The normalized spacial score (nSPS) is 13.2. The summed E-state index contributed by atoms with van der Waals surface area (Å²) in [5.41, 5.74) is 2.81. The largest absolute Gasteiger partial charge is 0.312 e. The van der Waals surface area contributed by atoms with Gasteiger partial charge in [0.1, 0.15) is 0 Å². The second-order valence-electron chi connectivity index (χ2n) is 5.56. The first-order valence-electron chi connectivity index (χ1n) is 7.61. The Labute approximate surface area is 119 Å². The van der Waals surface area contributed by atoms with E-state index in [0.29, 0.717) is 12.0 Å². The molecule has 0 spiro atoms. The van der Waals surface area contributed by atoms with Crippen LogP contribution in [0.4, 0.5) is 0 Å². The molecule has 0 aliphatic rings. The molecule has 0 saturated carbocycles. The molecule has 0 amide bonds. The topological polar surface area (TPSA) is 15.3 Å². The maximum absolute atomic E-state index is 3.45. The van der Waals surface area contributed by atoms with Crippen molar-refractivity contribution >= 4 is 0 Å². The molecule has 0 fully saturated rings. The summed E-state index contributed by atoms with van der Waals surface area (Å²) in [7, 11) is 2.06. The van der Waals surface area contributed by atoms with E-state index in [-0.39, 0.29) is 0 Å². The fourth-order valence-electron chi connectivity index (χ4n) is 2.43. The van der Waals surface area contributed by atoms with Crippen molar-refractivity contribution in [2.45, 2.75) is 46.1 Å². The van der Waals surface area contributed by atoms with Gasteiger partial charge in [0.2, 0.25) is 0 Å². The van der Waals surface area contributed by atoms with Crippen LogP contribution in [0.25, 0.3) is 0 Å². The SMILES string of the molecule is CCCN(CC)CC(NC)c1ccc(C(C)C)cc1. The number of hydrogen-bond acceptors (Lipinski definition) is 2. The minimum absolute atomic E-state index is 0.424. The smallest absolute Gasteiger partial charge is 0.0446 e. The average molecular weight is 262 g/mol. The van der Waals surface area contributed by atoms with E-state index in [0.717, 1.165) is 13.1 Å². The molecule has 1 aromatic rings. The zero-order chi connectivity index (χ0) is 14.3. The third-order valence-corrected chi connectivity index (χ3v) is 3.78. The van der Waals surface area contributed by atoms with Gasteiger partial charge >= 0.3 is 0 Å². The quantitative estimate of drug-likeness (QED) is 0.766. The first-order chi connectivity index (χ1) is 9.12. The van der Waals surface area contributed by atoms with Crippen LogP contribution in [0.15, 0.2) is 24.3 Å². The Hall–Kier alpha value is -0.860. The van der Waals surface area contributed by atoms with Gasteiger partial charge in [-0.25, -0.2) is 0 Å². The third kappa shape index (κ3) is 4.96. The number of benzene rings is 1. The van der Waals surface area contributed by atoms with Crippen molar-refractivity contribution in [3.63, 3.8) is 0 Å². The van der Waals surface area contributed by atoms with E-state index in [1.807, 2.05) is 0 Å². The van der Waals surface area contributed by atoms with Gasteiger partial charge in [0.25, 0.3) is 0 Å². The van der Waals surface area contributed by atoms with E-state index >= 15 is 0 Å². The van der Waals surface area contributed by atoms with E-state index in [1.54, 1.807) is 0 Å². The zero-order valence-electron chi connectivity index (χ0n) is 13.2. The van der Waals surface area contributed by atoms with Crippen molar-refractivity contribution in [3.05, 3.63) is 35.4 Å². The Balaban J connectivity index is 2.73. The van der Waals surface area contributed by atoms with E-state index in [4.69, 9.17) is 0 Å². The monoisotopic (exact) mass is 262 g/mol. The molecule has 0 radical (unpaired) electrons. The molecule has 108 valence electrons. The third-order valence-electron chi connectivity index (χ3n) is 3.78. The first kappa shape index (κ1) is 16.2. The van der Waals surface area contributed by atoms with Gasteiger partial charge in [-0.1, -0.05) is 52.0 Å². The highest BCUT2D eigenvalue weighted by atomic mass is 15.1. The number of rotatable bonds is 8. The Kier molecular flexibility index (Phi) is 7.11. The highest BCUT2D eigenvalue weighted by Crippen LogP contribution is 2.19. The molecule has 1 aromatic carbocycles. The molecule has 0 aliphatic carbocycles. The zero-order valence-corrected chi connectivity index (χ0v) is 13.2. The van der Waals surface area contributed by atoms with E-state index < -0.39 is 0 Å². The lowest BCUT2D eigenvalue weighted by Crippen LogP contribution is -2.34. The van der Waals surface area contributed by atoms with Crippen LogP contribution in [0.3, 0.4) is 0 Å². The van der Waals surface area contributed by atoms with Gasteiger partial charge in [0.15, 0.2) is 0 Å². The molecule has 1 atom stereocenters.